The fraction of sp³-hybridized carbons (Fsp3) is 0.462. The Morgan fingerprint density at radius 1 is 1.35 bits per heavy atom. The van der Waals surface area contributed by atoms with Crippen molar-refractivity contribution >= 4 is 29.3 Å². The van der Waals surface area contributed by atoms with Crippen LogP contribution in [0.1, 0.15) is 32.3 Å². The maximum absolute atomic E-state index is 11.4. The first-order valence-corrected chi connectivity index (χ1v) is 6.75. The van der Waals surface area contributed by atoms with Gasteiger partial charge in [-0.1, -0.05) is 31.5 Å². The third-order valence-corrected chi connectivity index (χ3v) is 3.88. The molecule has 0 N–H and O–H groups in total. The fourth-order valence-corrected chi connectivity index (χ4v) is 2.60. The van der Waals surface area contributed by atoms with E-state index in [0.29, 0.717) is 10.3 Å². The molecular weight excluding hydrogens is 256 g/mol. The van der Waals surface area contributed by atoms with Crippen LogP contribution >= 0.6 is 23.4 Å². The van der Waals surface area contributed by atoms with Crippen molar-refractivity contribution in [2.45, 2.75) is 36.8 Å². The highest BCUT2D eigenvalue weighted by molar-refractivity contribution is 8.00. The Bertz CT molecular complexity index is 404. The molecule has 1 rings (SSSR count). The predicted molar refractivity (Wildman–Crippen MR) is 72.9 cm³/mol. The van der Waals surface area contributed by atoms with Gasteiger partial charge in [0.05, 0.1) is 18.1 Å². The second kappa shape index (κ2) is 6.31. The van der Waals surface area contributed by atoms with Crippen molar-refractivity contribution in [2.24, 2.45) is 0 Å². The average molecular weight is 273 g/mol. The maximum Gasteiger partial charge on any atom is 0.312 e. The molecule has 0 aromatic heterocycles. The summed E-state index contributed by atoms with van der Waals surface area (Å²) in [5.74, 6) is -0.527. The van der Waals surface area contributed by atoms with Crippen LogP contribution in [0, 0.1) is 0 Å². The number of carbonyl (C=O) groups is 1. The monoisotopic (exact) mass is 272 g/mol. The van der Waals surface area contributed by atoms with Crippen molar-refractivity contribution in [3.63, 3.8) is 0 Å². The zero-order valence-corrected chi connectivity index (χ0v) is 12.1. The van der Waals surface area contributed by atoms with Crippen molar-refractivity contribution in [2.75, 3.05) is 7.11 Å². The van der Waals surface area contributed by atoms with Crippen LogP contribution in [0.4, 0.5) is 0 Å². The Hall–Kier alpha value is -0.670. The van der Waals surface area contributed by atoms with Crippen molar-refractivity contribution in [3.8, 4) is 0 Å². The quantitative estimate of drug-likeness (QED) is 0.609. The standard InChI is InChI=1S/C13H17ClO2S/c1-8(2)17-12-6-5-10(7-11(12)14)9(3)13(15)16-4/h5-9H,1-4H3. The number of ether oxygens (including phenoxy) is 1. The van der Waals surface area contributed by atoms with E-state index in [2.05, 4.69) is 13.8 Å². The van der Waals surface area contributed by atoms with E-state index in [4.69, 9.17) is 16.3 Å². The van der Waals surface area contributed by atoms with Crippen LogP contribution in [0.2, 0.25) is 5.02 Å². The fourth-order valence-electron chi connectivity index (χ4n) is 1.45. The number of esters is 1. The maximum atomic E-state index is 11.4. The lowest BCUT2D eigenvalue weighted by molar-refractivity contribution is -0.141. The second-order valence-corrected chi connectivity index (χ2v) is 6.13. The van der Waals surface area contributed by atoms with Crippen LogP contribution in [0.15, 0.2) is 23.1 Å². The van der Waals surface area contributed by atoms with Crippen molar-refractivity contribution < 1.29 is 9.53 Å². The van der Waals surface area contributed by atoms with E-state index in [1.165, 1.54) is 7.11 Å². The molecule has 0 amide bonds. The van der Waals surface area contributed by atoms with Crippen LogP contribution in [0.5, 0.6) is 0 Å². The number of benzene rings is 1. The zero-order chi connectivity index (χ0) is 13.0. The summed E-state index contributed by atoms with van der Waals surface area (Å²) < 4.78 is 4.71. The third-order valence-electron chi connectivity index (χ3n) is 2.37. The summed E-state index contributed by atoms with van der Waals surface area (Å²) in [4.78, 5) is 12.5. The second-order valence-electron chi connectivity index (χ2n) is 4.10. The number of hydrogen-bond donors (Lipinski definition) is 0. The molecule has 2 nitrogen and oxygen atoms in total. The lowest BCUT2D eigenvalue weighted by Gasteiger charge is -2.12. The molecule has 0 aliphatic carbocycles. The van der Waals surface area contributed by atoms with Gasteiger partial charge < -0.3 is 4.74 Å². The molecule has 1 unspecified atom stereocenters. The molecule has 0 saturated heterocycles. The number of hydrogen-bond acceptors (Lipinski definition) is 3. The smallest absolute Gasteiger partial charge is 0.312 e. The minimum Gasteiger partial charge on any atom is -0.469 e. The predicted octanol–water partition coefficient (Wildman–Crippen LogP) is 4.12. The van der Waals surface area contributed by atoms with Crippen LogP contribution in [-0.2, 0) is 9.53 Å². The molecule has 0 spiro atoms. The summed E-state index contributed by atoms with van der Waals surface area (Å²) in [6, 6.07) is 5.73. The third kappa shape index (κ3) is 3.93. The molecule has 0 fully saturated rings. The van der Waals surface area contributed by atoms with Crippen molar-refractivity contribution in [1.29, 1.82) is 0 Å². The summed E-state index contributed by atoms with van der Waals surface area (Å²) in [6.07, 6.45) is 0. The first-order valence-electron chi connectivity index (χ1n) is 5.49. The Morgan fingerprint density at radius 3 is 2.47 bits per heavy atom. The van der Waals surface area contributed by atoms with E-state index in [0.717, 1.165) is 10.5 Å². The molecule has 0 saturated carbocycles. The highest BCUT2D eigenvalue weighted by Crippen LogP contribution is 2.32. The van der Waals surface area contributed by atoms with Gasteiger partial charge in [0.1, 0.15) is 0 Å². The highest BCUT2D eigenvalue weighted by Gasteiger charge is 2.16. The molecular formula is C13H17ClO2S. The number of thioether (sulfide) groups is 1. The van der Waals surface area contributed by atoms with E-state index in [1.54, 1.807) is 11.8 Å². The van der Waals surface area contributed by atoms with Gasteiger partial charge in [0, 0.05) is 10.1 Å². The first-order chi connectivity index (χ1) is 7.95. The van der Waals surface area contributed by atoms with Gasteiger partial charge in [-0.15, -0.1) is 11.8 Å². The van der Waals surface area contributed by atoms with Gasteiger partial charge >= 0.3 is 5.97 Å². The van der Waals surface area contributed by atoms with Gasteiger partial charge in [0.25, 0.3) is 0 Å². The van der Waals surface area contributed by atoms with Crippen LogP contribution < -0.4 is 0 Å². The molecule has 0 aliphatic rings. The van der Waals surface area contributed by atoms with E-state index >= 15 is 0 Å². The largest absolute Gasteiger partial charge is 0.469 e. The number of methoxy groups -OCH3 is 1. The van der Waals surface area contributed by atoms with E-state index in [9.17, 15) is 4.79 Å². The van der Waals surface area contributed by atoms with Gasteiger partial charge in [0.2, 0.25) is 0 Å². The summed E-state index contributed by atoms with van der Waals surface area (Å²) in [5, 5.41) is 1.17. The molecule has 0 bridgehead atoms. The number of rotatable bonds is 4. The Labute approximate surface area is 112 Å². The molecule has 1 aromatic carbocycles. The molecule has 0 radical (unpaired) electrons. The lowest BCUT2D eigenvalue weighted by Crippen LogP contribution is -2.10. The summed E-state index contributed by atoms with van der Waals surface area (Å²) in [6.45, 7) is 6.05. The van der Waals surface area contributed by atoms with E-state index in [1.807, 2.05) is 25.1 Å². The molecule has 0 aliphatic heterocycles. The van der Waals surface area contributed by atoms with Gasteiger partial charge in [-0.25, -0.2) is 0 Å². The number of halogens is 1. The van der Waals surface area contributed by atoms with Crippen molar-refractivity contribution in [1.82, 2.24) is 0 Å². The average Bonchev–Trinajstić information content (AvgIpc) is 2.29. The Morgan fingerprint density at radius 2 is 2.00 bits per heavy atom. The molecule has 17 heavy (non-hydrogen) atoms. The van der Waals surface area contributed by atoms with Crippen LogP contribution in [0.25, 0.3) is 0 Å². The molecule has 1 aromatic rings. The summed E-state index contributed by atoms with van der Waals surface area (Å²) in [7, 11) is 1.39. The minimum atomic E-state index is -0.282. The highest BCUT2D eigenvalue weighted by atomic mass is 35.5. The SMILES string of the molecule is COC(=O)C(C)c1ccc(SC(C)C)c(Cl)c1. The first kappa shape index (κ1) is 14.4. The van der Waals surface area contributed by atoms with Gasteiger partial charge in [0.15, 0.2) is 0 Å². The van der Waals surface area contributed by atoms with Crippen LogP contribution in [0.3, 0.4) is 0 Å². The Balaban J connectivity index is 2.92. The molecule has 4 heteroatoms. The number of carbonyl (C=O) groups excluding carboxylic acids is 1. The van der Waals surface area contributed by atoms with Crippen LogP contribution in [-0.4, -0.2) is 18.3 Å². The molecule has 1 atom stereocenters. The molecule has 0 heterocycles. The van der Waals surface area contributed by atoms with E-state index in [-0.39, 0.29) is 11.9 Å². The topological polar surface area (TPSA) is 26.3 Å². The van der Waals surface area contributed by atoms with Gasteiger partial charge in [-0.3, -0.25) is 4.79 Å². The zero-order valence-electron chi connectivity index (χ0n) is 10.5. The van der Waals surface area contributed by atoms with Crippen molar-refractivity contribution in [3.05, 3.63) is 28.8 Å². The minimum absolute atomic E-state index is 0.245. The van der Waals surface area contributed by atoms with Gasteiger partial charge in [-0.05, 0) is 24.6 Å². The van der Waals surface area contributed by atoms with Gasteiger partial charge in [-0.2, -0.15) is 0 Å². The molecule has 94 valence electrons. The summed E-state index contributed by atoms with van der Waals surface area (Å²) in [5.41, 5.74) is 0.884. The summed E-state index contributed by atoms with van der Waals surface area (Å²) >= 11 is 7.90. The lowest BCUT2D eigenvalue weighted by atomic mass is 10.0. The Kier molecular flexibility index (Phi) is 5.34. The van der Waals surface area contributed by atoms with E-state index < -0.39 is 0 Å². The normalized spacial score (nSPS) is 12.6.